The average molecular weight is 292 g/mol. The summed E-state index contributed by atoms with van der Waals surface area (Å²) in [5, 5.41) is 9.16. The molecule has 0 aromatic heterocycles. The molecule has 1 atom stereocenters. The summed E-state index contributed by atoms with van der Waals surface area (Å²) in [7, 11) is 0. The first-order chi connectivity index (χ1) is 9.33. The van der Waals surface area contributed by atoms with Gasteiger partial charge < -0.3 is 5.11 Å². The Balaban J connectivity index is 0.00000361. The number of hydrogen-bond acceptors (Lipinski definition) is 2. The fraction of sp³-hybridized carbons (Fsp3) is 0.938. The fourth-order valence-electron chi connectivity index (χ4n) is 2.93. The van der Waals surface area contributed by atoms with Crippen LogP contribution in [0.5, 0.6) is 0 Å². The van der Waals surface area contributed by atoms with Crippen molar-refractivity contribution in [1.82, 2.24) is 0 Å². The Morgan fingerprint density at radius 1 is 0.950 bits per heavy atom. The van der Waals surface area contributed by atoms with Crippen LogP contribution in [0.4, 0.5) is 0 Å². The van der Waals surface area contributed by atoms with Gasteiger partial charge in [-0.2, -0.15) is 0 Å². The third-order valence-corrected chi connectivity index (χ3v) is 4.25. The molecule has 1 aliphatic heterocycles. The fourth-order valence-corrected chi connectivity index (χ4v) is 2.93. The smallest absolute Gasteiger partial charge is 0.390 e. The molecular weight excluding hydrogens is 259 g/mol. The number of nitrogens with zero attached hydrogens (tertiary/aromatic N) is 2. The van der Waals surface area contributed by atoms with Crippen LogP contribution in [-0.2, 0) is 0 Å². The van der Waals surface area contributed by atoms with Crippen LogP contribution in [-0.4, -0.2) is 48.7 Å². The van der Waals surface area contributed by atoms with E-state index in [1.165, 1.54) is 64.3 Å². The SMILES string of the molecule is CCCCCCCCCCC[N+]1(CCO)C=NCC1.[Na+]. The van der Waals surface area contributed by atoms with Gasteiger partial charge in [-0.1, -0.05) is 51.9 Å². The first kappa shape index (κ1) is 20.6. The van der Waals surface area contributed by atoms with E-state index in [1.807, 2.05) is 0 Å². The van der Waals surface area contributed by atoms with E-state index in [2.05, 4.69) is 18.3 Å². The summed E-state index contributed by atoms with van der Waals surface area (Å²) in [5.41, 5.74) is 0. The van der Waals surface area contributed by atoms with E-state index in [-0.39, 0.29) is 36.2 Å². The summed E-state index contributed by atoms with van der Waals surface area (Å²) in [6, 6.07) is 0. The van der Waals surface area contributed by atoms with Gasteiger partial charge in [0.05, 0.1) is 19.7 Å². The predicted molar refractivity (Wildman–Crippen MR) is 82.5 cm³/mol. The summed E-state index contributed by atoms with van der Waals surface area (Å²) < 4.78 is 0.924. The molecule has 1 heterocycles. The molecule has 0 aromatic rings. The van der Waals surface area contributed by atoms with Crippen LogP contribution < -0.4 is 29.6 Å². The van der Waals surface area contributed by atoms with Crippen molar-refractivity contribution in [2.45, 2.75) is 64.7 Å². The van der Waals surface area contributed by atoms with E-state index < -0.39 is 0 Å². The van der Waals surface area contributed by atoms with Crippen molar-refractivity contribution < 1.29 is 39.1 Å². The zero-order chi connectivity index (χ0) is 13.8. The number of aliphatic hydroxyl groups is 1. The minimum absolute atomic E-state index is 0. The van der Waals surface area contributed by atoms with Crippen molar-refractivity contribution in [1.29, 1.82) is 0 Å². The first-order valence-corrected chi connectivity index (χ1v) is 8.30. The zero-order valence-corrected chi connectivity index (χ0v) is 15.8. The average Bonchev–Trinajstić information content (AvgIpc) is 2.86. The van der Waals surface area contributed by atoms with E-state index >= 15 is 0 Å². The molecule has 112 valence electrons. The molecule has 1 N–H and O–H groups in total. The Morgan fingerprint density at radius 3 is 2.05 bits per heavy atom. The van der Waals surface area contributed by atoms with Gasteiger partial charge >= 0.3 is 29.6 Å². The van der Waals surface area contributed by atoms with Gasteiger partial charge in [0.1, 0.15) is 13.1 Å². The van der Waals surface area contributed by atoms with Crippen LogP contribution in [0.2, 0.25) is 0 Å². The van der Waals surface area contributed by atoms with Crippen LogP contribution in [0.1, 0.15) is 64.7 Å². The Kier molecular flexibility index (Phi) is 13.7. The van der Waals surface area contributed by atoms with Gasteiger partial charge in [-0.15, -0.1) is 0 Å². The van der Waals surface area contributed by atoms with E-state index in [9.17, 15) is 0 Å². The van der Waals surface area contributed by atoms with E-state index in [1.54, 1.807) is 0 Å². The molecule has 0 saturated carbocycles. The molecule has 4 heteroatoms. The van der Waals surface area contributed by atoms with Crippen molar-refractivity contribution >= 4 is 6.34 Å². The molecule has 0 saturated heterocycles. The number of quaternary nitrogens is 1. The molecule has 0 aromatic carbocycles. The topological polar surface area (TPSA) is 32.6 Å². The van der Waals surface area contributed by atoms with Gasteiger partial charge in [0, 0.05) is 0 Å². The third kappa shape index (κ3) is 8.78. The second-order valence-corrected chi connectivity index (χ2v) is 5.96. The van der Waals surface area contributed by atoms with Crippen LogP contribution in [0, 0.1) is 0 Å². The second kappa shape index (κ2) is 13.3. The maximum absolute atomic E-state index is 9.16. The standard InChI is InChI=1S/C16H33N2O.Na/c1-2-3-4-5-6-7-8-9-10-12-18(14-15-19)13-11-17-16-18;/h16,19H,2-15H2,1H3;/q2*+1. The summed E-state index contributed by atoms with van der Waals surface area (Å²) in [6.07, 6.45) is 14.5. The maximum Gasteiger partial charge on any atom is 1.00 e. The summed E-state index contributed by atoms with van der Waals surface area (Å²) in [6.45, 7) is 6.60. The monoisotopic (exact) mass is 292 g/mol. The van der Waals surface area contributed by atoms with Crippen LogP contribution in [0.3, 0.4) is 0 Å². The van der Waals surface area contributed by atoms with Crippen LogP contribution in [0.25, 0.3) is 0 Å². The quantitative estimate of drug-likeness (QED) is 0.315. The van der Waals surface area contributed by atoms with Crippen LogP contribution >= 0.6 is 0 Å². The molecule has 1 aliphatic rings. The van der Waals surface area contributed by atoms with E-state index in [4.69, 9.17) is 5.11 Å². The van der Waals surface area contributed by atoms with Gasteiger partial charge in [-0.3, -0.25) is 4.48 Å². The zero-order valence-electron chi connectivity index (χ0n) is 13.8. The van der Waals surface area contributed by atoms with Crippen molar-refractivity contribution in [2.75, 3.05) is 32.8 Å². The molecule has 1 unspecified atom stereocenters. The summed E-state index contributed by atoms with van der Waals surface area (Å²) in [4.78, 5) is 4.35. The third-order valence-electron chi connectivity index (χ3n) is 4.25. The van der Waals surface area contributed by atoms with Crippen molar-refractivity contribution in [3.63, 3.8) is 0 Å². The Morgan fingerprint density at radius 2 is 1.55 bits per heavy atom. The number of unbranched alkanes of at least 4 members (excludes halogenated alkanes) is 8. The number of hydrogen-bond donors (Lipinski definition) is 1. The van der Waals surface area contributed by atoms with E-state index in [0.29, 0.717) is 0 Å². The molecule has 0 amide bonds. The molecular formula is C16H33N2NaO+2. The Hall–Kier alpha value is 0.590. The maximum atomic E-state index is 9.16. The minimum Gasteiger partial charge on any atom is -0.390 e. The van der Waals surface area contributed by atoms with Crippen LogP contribution in [0.15, 0.2) is 4.99 Å². The van der Waals surface area contributed by atoms with Crippen molar-refractivity contribution in [3.8, 4) is 0 Å². The molecule has 1 rings (SSSR count). The second-order valence-electron chi connectivity index (χ2n) is 5.96. The molecule has 0 fully saturated rings. The van der Waals surface area contributed by atoms with Crippen molar-refractivity contribution in [2.24, 2.45) is 4.99 Å². The molecule has 0 radical (unpaired) electrons. The number of rotatable bonds is 12. The van der Waals surface area contributed by atoms with Gasteiger partial charge in [0.2, 0.25) is 0 Å². The predicted octanol–water partition coefficient (Wildman–Crippen LogP) is 0.372. The Labute approximate surface area is 147 Å². The van der Waals surface area contributed by atoms with Gasteiger partial charge in [-0.25, -0.2) is 4.99 Å². The molecule has 0 aliphatic carbocycles. The van der Waals surface area contributed by atoms with Gasteiger partial charge in [-0.05, 0) is 12.8 Å². The van der Waals surface area contributed by atoms with Gasteiger partial charge in [0.25, 0.3) is 0 Å². The first-order valence-electron chi connectivity index (χ1n) is 8.30. The largest absolute Gasteiger partial charge is 1.00 e. The van der Waals surface area contributed by atoms with E-state index in [0.717, 1.165) is 24.1 Å². The summed E-state index contributed by atoms with van der Waals surface area (Å²) in [5.74, 6) is 0. The molecule has 3 nitrogen and oxygen atoms in total. The van der Waals surface area contributed by atoms with Gasteiger partial charge in [0.15, 0.2) is 6.34 Å². The number of aliphatic hydroxyl groups excluding tert-OH is 1. The summed E-state index contributed by atoms with van der Waals surface area (Å²) >= 11 is 0. The molecule has 0 bridgehead atoms. The number of aliphatic imine (C=N–C) groups is 1. The molecule has 20 heavy (non-hydrogen) atoms. The molecule has 0 spiro atoms. The minimum atomic E-state index is 0. The Bertz CT molecular complexity index is 249. The van der Waals surface area contributed by atoms with Crippen molar-refractivity contribution in [3.05, 3.63) is 0 Å². The normalized spacial score (nSPS) is 21.1.